The Morgan fingerprint density at radius 3 is 2.00 bits per heavy atom. The van der Waals surface area contributed by atoms with Gasteiger partial charge in [0.25, 0.3) is 5.95 Å². The lowest BCUT2D eigenvalue weighted by atomic mass is 10.0. The zero-order valence-corrected chi connectivity index (χ0v) is 16.0. The Morgan fingerprint density at radius 2 is 1.46 bits per heavy atom. The molecule has 1 rings (SSSR count). The summed E-state index contributed by atoms with van der Waals surface area (Å²) in [7, 11) is 1.51. The fourth-order valence-electron chi connectivity index (χ4n) is 2.59. The minimum atomic E-state index is -0.0396. The van der Waals surface area contributed by atoms with E-state index in [1.165, 1.54) is 18.3 Å². The molecule has 0 N–H and O–H groups in total. The van der Waals surface area contributed by atoms with Crippen molar-refractivity contribution in [1.82, 2.24) is 0 Å². The summed E-state index contributed by atoms with van der Waals surface area (Å²) in [6.07, 6.45) is 8.33. The van der Waals surface area contributed by atoms with Gasteiger partial charge in [-0.1, -0.05) is 41.0 Å². The predicted molar refractivity (Wildman–Crippen MR) is 102 cm³/mol. The molecule has 24 heavy (non-hydrogen) atoms. The van der Waals surface area contributed by atoms with E-state index in [2.05, 4.69) is 32.1 Å². The van der Waals surface area contributed by atoms with Gasteiger partial charge in [0.2, 0.25) is 0 Å². The van der Waals surface area contributed by atoms with Gasteiger partial charge in [-0.2, -0.15) is 0 Å². The molecule has 3 heteroatoms. The van der Waals surface area contributed by atoms with Crippen LogP contribution in [0.1, 0.15) is 51.5 Å². The summed E-state index contributed by atoms with van der Waals surface area (Å²) < 4.78 is 11.0. The van der Waals surface area contributed by atoms with Crippen molar-refractivity contribution in [3.63, 3.8) is 0 Å². The van der Waals surface area contributed by atoms with Crippen LogP contribution in [0.4, 0.5) is 0 Å². The molecule has 0 radical (unpaired) electrons. The third-order valence-corrected chi connectivity index (χ3v) is 3.88. The second-order valence-electron chi connectivity index (χ2n) is 6.14. The first-order valence-corrected chi connectivity index (χ1v) is 8.07. The van der Waals surface area contributed by atoms with Gasteiger partial charge in [-0.05, 0) is 54.0 Å². The van der Waals surface area contributed by atoms with E-state index in [4.69, 9.17) is 9.15 Å². The van der Waals surface area contributed by atoms with Crippen molar-refractivity contribution in [1.29, 1.82) is 0 Å². The van der Waals surface area contributed by atoms with Crippen LogP contribution in [0.15, 0.2) is 50.2 Å². The van der Waals surface area contributed by atoms with E-state index in [0.717, 1.165) is 11.1 Å². The smallest absolute Gasteiger partial charge is 0.291 e. The van der Waals surface area contributed by atoms with Crippen LogP contribution in [-0.4, -0.2) is 7.11 Å². The molecule has 0 fully saturated rings. The molecule has 130 valence electrons. The van der Waals surface area contributed by atoms with Crippen molar-refractivity contribution in [2.75, 3.05) is 7.11 Å². The number of rotatable bonds is 5. The molecule has 0 saturated carbocycles. The third-order valence-electron chi connectivity index (χ3n) is 3.88. The number of methoxy groups -OCH3 is 1. The van der Waals surface area contributed by atoms with Crippen LogP contribution in [0.25, 0.3) is 5.57 Å². The normalized spacial score (nSPS) is 14.2. The summed E-state index contributed by atoms with van der Waals surface area (Å²) in [5, 5.41) is 0. The van der Waals surface area contributed by atoms with Gasteiger partial charge in [0.15, 0.2) is 5.43 Å². The molecular weight excluding hydrogens is 300 g/mol. The maximum atomic E-state index is 12.3. The van der Waals surface area contributed by atoms with Crippen LogP contribution in [0.3, 0.4) is 0 Å². The van der Waals surface area contributed by atoms with Crippen molar-refractivity contribution in [2.24, 2.45) is 0 Å². The molecule has 0 saturated heterocycles. The topological polar surface area (TPSA) is 39.4 Å². The van der Waals surface area contributed by atoms with Gasteiger partial charge in [0.1, 0.15) is 5.76 Å². The molecule has 0 aliphatic heterocycles. The Balaban J connectivity index is 3.29. The van der Waals surface area contributed by atoms with Crippen LogP contribution in [0.5, 0.6) is 5.95 Å². The number of allylic oxidation sites excluding steroid dienone is 8. The highest BCUT2D eigenvalue weighted by Crippen LogP contribution is 2.25. The summed E-state index contributed by atoms with van der Waals surface area (Å²) in [5.41, 5.74) is 5.45. The van der Waals surface area contributed by atoms with Crippen molar-refractivity contribution in [3.8, 4) is 5.95 Å². The first-order valence-electron chi connectivity index (χ1n) is 8.07. The highest BCUT2D eigenvalue weighted by Gasteiger charge is 2.15. The molecule has 0 atom stereocenters. The van der Waals surface area contributed by atoms with Gasteiger partial charge in [-0.3, -0.25) is 4.79 Å². The quantitative estimate of drug-likeness (QED) is 0.667. The molecule has 1 aromatic heterocycles. The fourth-order valence-corrected chi connectivity index (χ4v) is 2.59. The summed E-state index contributed by atoms with van der Waals surface area (Å²) in [5.74, 6) is 0.844. The van der Waals surface area contributed by atoms with Crippen LogP contribution < -0.4 is 10.2 Å². The summed E-state index contributed by atoms with van der Waals surface area (Å²) in [6, 6.07) is 0. The predicted octanol–water partition coefficient (Wildman–Crippen LogP) is 5.53. The van der Waals surface area contributed by atoms with E-state index in [0.29, 0.717) is 16.9 Å². The van der Waals surface area contributed by atoms with E-state index >= 15 is 0 Å². The molecule has 0 aliphatic rings. The van der Waals surface area contributed by atoms with E-state index in [1.807, 2.05) is 26.8 Å². The van der Waals surface area contributed by atoms with Crippen molar-refractivity contribution >= 4 is 5.57 Å². The Hall–Kier alpha value is -2.29. The summed E-state index contributed by atoms with van der Waals surface area (Å²) >= 11 is 0. The van der Waals surface area contributed by atoms with Gasteiger partial charge >= 0.3 is 0 Å². The molecule has 1 heterocycles. The largest absolute Gasteiger partial charge is 0.468 e. The van der Waals surface area contributed by atoms with Crippen molar-refractivity contribution in [3.05, 3.63) is 68.1 Å². The molecule has 0 spiro atoms. The third kappa shape index (κ3) is 4.85. The van der Waals surface area contributed by atoms with Gasteiger partial charge in [0.05, 0.1) is 12.7 Å². The van der Waals surface area contributed by atoms with Crippen LogP contribution in [-0.2, 0) is 0 Å². The average Bonchev–Trinajstić information content (AvgIpc) is 2.52. The van der Waals surface area contributed by atoms with Gasteiger partial charge in [-0.15, -0.1) is 0 Å². The maximum Gasteiger partial charge on any atom is 0.291 e. The van der Waals surface area contributed by atoms with Crippen LogP contribution in [0, 0.1) is 13.8 Å². The standard InChI is InChI=1S/C21H28O3/c1-9-13(2)10-14(3)11-15(4)12-16(5)20-17(6)19(22)18(7)21(23-8)24-20/h9-12H,1-8H3/b13-9+,14-10+,15-11-,16-12-. The summed E-state index contributed by atoms with van der Waals surface area (Å²) in [6.45, 7) is 13.6. The van der Waals surface area contributed by atoms with Gasteiger partial charge < -0.3 is 9.15 Å². The molecule has 0 amide bonds. The second-order valence-corrected chi connectivity index (χ2v) is 6.14. The minimum Gasteiger partial charge on any atom is -0.468 e. The minimum absolute atomic E-state index is 0.0396. The Bertz CT molecular complexity index is 784. The lowest BCUT2D eigenvalue weighted by molar-refractivity contribution is 0.288. The zero-order valence-electron chi connectivity index (χ0n) is 16.0. The summed E-state index contributed by atoms with van der Waals surface area (Å²) in [4.78, 5) is 12.3. The number of hydrogen-bond acceptors (Lipinski definition) is 3. The molecule has 1 aromatic rings. The highest BCUT2D eigenvalue weighted by molar-refractivity contribution is 5.65. The zero-order chi connectivity index (χ0) is 18.4. The lowest BCUT2D eigenvalue weighted by Gasteiger charge is -2.10. The Kier molecular flexibility index (Phi) is 7.02. The Morgan fingerprint density at radius 1 is 0.917 bits per heavy atom. The van der Waals surface area contributed by atoms with E-state index in [1.54, 1.807) is 13.8 Å². The van der Waals surface area contributed by atoms with Crippen LogP contribution >= 0.6 is 0 Å². The molecule has 0 bridgehead atoms. The van der Waals surface area contributed by atoms with Crippen LogP contribution in [0.2, 0.25) is 0 Å². The molecule has 0 aliphatic carbocycles. The first-order chi connectivity index (χ1) is 11.2. The molecule has 0 aromatic carbocycles. The Labute approximate surface area is 145 Å². The van der Waals surface area contributed by atoms with Crippen molar-refractivity contribution in [2.45, 2.75) is 48.5 Å². The van der Waals surface area contributed by atoms with E-state index in [-0.39, 0.29) is 11.4 Å². The molecular formula is C21H28O3. The van der Waals surface area contributed by atoms with Gasteiger partial charge in [-0.25, -0.2) is 0 Å². The van der Waals surface area contributed by atoms with Crippen molar-refractivity contribution < 1.29 is 9.15 Å². The monoisotopic (exact) mass is 328 g/mol. The maximum absolute atomic E-state index is 12.3. The molecule has 3 nitrogen and oxygen atoms in total. The fraction of sp³-hybridized carbons (Fsp3) is 0.381. The first kappa shape index (κ1) is 19.8. The average molecular weight is 328 g/mol. The van der Waals surface area contributed by atoms with E-state index in [9.17, 15) is 4.79 Å². The lowest BCUT2D eigenvalue weighted by Crippen LogP contribution is -2.12. The molecule has 0 unspecified atom stereocenters. The highest BCUT2D eigenvalue weighted by atomic mass is 16.6. The van der Waals surface area contributed by atoms with E-state index < -0.39 is 0 Å². The van der Waals surface area contributed by atoms with Gasteiger partial charge in [0, 0.05) is 5.56 Å². The number of hydrogen-bond donors (Lipinski definition) is 0. The SMILES string of the molecule is C/C=C(C)/C=C(C)/C=C(C)\C=C(\C)c1oc(OC)c(C)c(=O)c1C. The second kappa shape index (κ2) is 8.53. The number of ether oxygens (including phenoxy) is 1.